The van der Waals surface area contributed by atoms with Gasteiger partial charge in [0.15, 0.2) is 14.6 Å². The molecule has 0 amide bonds. The van der Waals surface area contributed by atoms with Crippen LogP contribution in [0.3, 0.4) is 0 Å². The zero-order valence-corrected chi connectivity index (χ0v) is 17.2. The van der Waals surface area contributed by atoms with Gasteiger partial charge in [-0.3, -0.25) is 0 Å². The molecule has 1 saturated heterocycles. The first kappa shape index (κ1) is 19.6. The highest BCUT2D eigenvalue weighted by Crippen LogP contribution is 2.37. The largest absolute Gasteiger partial charge is 0.413 e. The standard InChI is InChI=1S/C20H34O3Si/c1-16(23-19-9-7-8-14-21-19)18-12-10-17(11-13-18)15-22-24(5,6)20(2,3)4/h10-13,16,19H,7-9,14-15H2,1-6H3. The first-order chi connectivity index (χ1) is 11.2. The Bertz CT molecular complexity index is 499. The van der Waals surface area contributed by atoms with Crippen molar-refractivity contribution in [1.29, 1.82) is 0 Å². The van der Waals surface area contributed by atoms with E-state index in [0.29, 0.717) is 6.61 Å². The van der Waals surface area contributed by atoms with Crippen LogP contribution in [0.2, 0.25) is 18.1 Å². The summed E-state index contributed by atoms with van der Waals surface area (Å²) in [7, 11) is -1.69. The predicted molar refractivity (Wildman–Crippen MR) is 102 cm³/mol. The van der Waals surface area contributed by atoms with Crippen LogP contribution in [-0.4, -0.2) is 21.2 Å². The first-order valence-corrected chi connectivity index (χ1v) is 12.1. The quantitative estimate of drug-likeness (QED) is 0.606. The van der Waals surface area contributed by atoms with Crippen LogP contribution in [0.1, 0.15) is 64.2 Å². The van der Waals surface area contributed by atoms with Crippen molar-refractivity contribution in [3.05, 3.63) is 35.4 Å². The first-order valence-electron chi connectivity index (χ1n) is 9.19. The average molecular weight is 351 g/mol. The van der Waals surface area contributed by atoms with Crippen molar-refractivity contribution in [1.82, 2.24) is 0 Å². The summed E-state index contributed by atoms with van der Waals surface area (Å²) in [5.41, 5.74) is 2.42. The molecule has 1 fully saturated rings. The van der Waals surface area contributed by atoms with E-state index in [2.05, 4.69) is 65.1 Å². The summed E-state index contributed by atoms with van der Waals surface area (Å²) in [6, 6.07) is 8.61. The molecule has 2 rings (SSSR count). The maximum Gasteiger partial charge on any atom is 0.192 e. The minimum absolute atomic E-state index is 0.0460. The SMILES string of the molecule is CC(OC1CCCCO1)c1ccc(CO[Si](C)(C)C(C)(C)C)cc1. The third kappa shape index (κ3) is 5.41. The van der Waals surface area contributed by atoms with Gasteiger partial charge in [0, 0.05) is 6.61 Å². The van der Waals surface area contributed by atoms with Gasteiger partial charge in [-0.15, -0.1) is 0 Å². The summed E-state index contributed by atoms with van der Waals surface area (Å²) >= 11 is 0. The van der Waals surface area contributed by atoms with Crippen molar-refractivity contribution < 1.29 is 13.9 Å². The van der Waals surface area contributed by atoms with Crippen molar-refractivity contribution in [3.8, 4) is 0 Å². The molecule has 1 aromatic rings. The molecule has 0 aliphatic carbocycles. The summed E-state index contributed by atoms with van der Waals surface area (Å²) in [6.07, 6.45) is 3.36. The normalized spacial score (nSPS) is 20.8. The maximum atomic E-state index is 6.29. The molecule has 0 radical (unpaired) electrons. The van der Waals surface area contributed by atoms with Crippen LogP contribution in [0, 0.1) is 0 Å². The van der Waals surface area contributed by atoms with Gasteiger partial charge < -0.3 is 13.9 Å². The highest BCUT2D eigenvalue weighted by Gasteiger charge is 2.37. The lowest BCUT2D eigenvalue weighted by molar-refractivity contribution is -0.186. The summed E-state index contributed by atoms with van der Waals surface area (Å²) in [4.78, 5) is 0. The van der Waals surface area contributed by atoms with Crippen molar-refractivity contribution >= 4 is 8.32 Å². The highest BCUT2D eigenvalue weighted by atomic mass is 28.4. The molecule has 0 bridgehead atoms. The van der Waals surface area contributed by atoms with Gasteiger partial charge >= 0.3 is 0 Å². The Morgan fingerprint density at radius 3 is 2.38 bits per heavy atom. The van der Waals surface area contributed by atoms with Crippen molar-refractivity contribution in [2.24, 2.45) is 0 Å². The summed E-state index contributed by atoms with van der Waals surface area (Å²) in [5, 5.41) is 0.245. The van der Waals surface area contributed by atoms with E-state index in [9.17, 15) is 0 Å². The van der Waals surface area contributed by atoms with Gasteiger partial charge in [0.25, 0.3) is 0 Å². The molecule has 2 atom stereocenters. The van der Waals surface area contributed by atoms with E-state index in [1.807, 2.05) is 0 Å². The topological polar surface area (TPSA) is 27.7 Å². The molecular formula is C20H34O3Si. The van der Waals surface area contributed by atoms with Crippen molar-refractivity contribution in [2.45, 2.75) is 84.1 Å². The minimum Gasteiger partial charge on any atom is -0.413 e. The molecule has 1 heterocycles. The van der Waals surface area contributed by atoms with E-state index in [-0.39, 0.29) is 17.4 Å². The summed E-state index contributed by atoms with van der Waals surface area (Å²) in [6.45, 7) is 15.0. The fourth-order valence-electron chi connectivity index (χ4n) is 2.49. The molecule has 1 aliphatic heterocycles. The average Bonchev–Trinajstić information content (AvgIpc) is 2.53. The van der Waals surface area contributed by atoms with Gasteiger partial charge in [-0.05, 0) is 55.4 Å². The van der Waals surface area contributed by atoms with Gasteiger partial charge in [0.05, 0.1) is 12.7 Å². The van der Waals surface area contributed by atoms with Crippen LogP contribution in [0.4, 0.5) is 0 Å². The summed E-state index contributed by atoms with van der Waals surface area (Å²) in [5.74, 6) is 0. The maximum absolute atomic E-state index is 6.29. The molecule has 2 unspecified atom stereocenters. The molecule has 0 aromatic heterocycles. The summed E-state index contributed by atoms with van der Waals surface area (Å²) < 4.78 is 18.0. The molecule has 136 valence electrons. The third-order valence-electron chi connectivity index (χ3n) is 5.35. The lowest BCUT2D eigenvalue weighted by atomic mass is 10.1. The van der Waals surface area contributed by atoms with Gasteiger partial charge in [-0.1, -0.05) is 45.0 Å². The monoisotopic (exact) mass is 350 g/mol. The fourth-order valence-corrected chi connectivity index (χ4v) is 3.45. The Hall–Kier alpha value is -0.683. The van der Waals surface area contributed by atoms with Crippen LogP contribution < -0.4 is 0 Å². The van der Waals surface area contributed by atoms with Crippen LogP contribution in [-0.2, 0) is 20.5 Å². The van der Waals surface area contributed by atoms with Crippen LogP contribution in [0.25, 0.3) is 0 Å². The lowest BCUT2D eigenvalue weighted by Crippen LogP contribution is -2.40. The number of benzene rings is 1. The second kappa shape index (κ2) is 8.13. The van der Waals surface area contributed by atoms with Crippen molar-refractivity contribution in [3.63, 3.8) is 0 Å². The molecule has 0 spiro atoms. The Kier molecular flexibility index (Phi) is 6.65. The molecular weight excluding hydrogens is 316 g/mol. The highest BCUT2D eigenvalue weighted by molar-refractivity contribution is 6.74. The van der Waals surface area contributed by atoms with E-state index in [0.717, 1.165) is 19.4 Å². The van der Waals surface area contributed by atoms with Gasteiger partial charge in [0.1, 0.15) is 0 Å². The molecule has 24 heavy (non-hydrogen) atoms. The van der Waals surface area contributed by atoms with E-state index in [4.69, 9.17) is 13.9 Å². The Morgan fingerprint density at radius 2 is 1.83 bits per heavy atom. The Labute approximate surface area is 148 Å². The Morgan fingerprint density at radius 1 is 1.17 bits per heavy atom. The van der Waals surface area contributed by atoms with Crippen LogP contribution in [0.5, 0.6) is 0 Å². The molecule has 0 N–H and O–H groups in total. The van der Waals surface area contributed by atoms with Gasteiger partial charge in [-0.2, -0.15) is 0 Å². The van der Waals surface area contributed by atoms with Crippen LogP contribution in [0.15, 0.2) is 24.3 Å². The molecule has 3 nitrogen and oxygen atoms in total. The smallest absolute Gasteiger partial charge is 0.192 e. The molecule has 1 aliphatic rings. The second-order valence-electron chi connectivity index (χ2n) is 8.37. The molecule has 1 aromatic carbocycles. The number of rotatable bonds is 6. The predicted octanol–water partition coefficient (Wildman–Crippen LogP) is 5.81. The van der Waals surface area contributed by atoms with E-state index >= 15 is 0 Å². The van der Waals surface area contributed by atoms with Crippen molar-refractivity contribution in [2.75, 3.05) is 6.61 Å². The van der Waals surface area contributed by atoms with E-state index < -0.39 is 8.32 Å². The van der Waals surface area contributed by atoms with E-state index in [1.165, 1.54) is 17.5 Å². The molecule has 4 heteroatoms. The Balaban J connectivity index is 1.88. The number of hydrogen-bond donors (Lipinski definition) is 0. The minimum atomic E-state index is -1.69. The lowest BCUT2D eigenvalue weighted by Gasteiger charge is -2.36. The zero-order valence-electron chi connectivity index (χ0n) is 16.2. The number of ether oxygens (including phenoxy) is 2. The fraction of sp³-hybridized carbons (Fsp3) is 0.700. The van der Waals surface area contributed by atoms with Gasteiger partial charge in [-0.25, -0.2) is 0 Å². The van der Waals surface area contributed by atoms with Gasteiger partial charge in [0.2, 0.25) is 0 Å². The number of hydrogen-bond acceptors (Lipinski definition) is 3. The van der Waals surface area contributed by atoms with Crippen LogP contribution >= 0.6 is 0 Å². The second-order valence-corrected chi connectivity index (χ2v) is 13.2. The zero-order chi connectivity index (χ0) is 17.8. The molecule has 0 saturated carbocycles. The van der Waals surface area contributed by atoms with E-state index in [1.54, 1.807) is 0 Å². The third-order valence-corrected chi connectivity index (χ3v) is 9.83.